The molecule has 40 heavy (non-hydrogen) atoms. The molecule has 2 aromatic rings. The van der Waals surface area contributed by atoms with Crippen molar-refractivity contribution < 1.29 is 18.7 Å². The number of carbonyl (C=O) groups is 1. The number of hydrogen-bond acceptors (Lipinski definition) is 5. The lowest BCUT2D eigenvalue weighted by Gasteiger charge is -2.19. The summed E-state index contributed by atoms with van der Waals surface area (Å²) in [4.78, 5) is 14.9. The van der Waals surface area contributed by atoms with Gasteiger partial charge < -0.3 is 19.7 Å². The van der Waals surface area contributed by atoms with Crippen molar-refractivity contribution >= 4 is 23.4 Å². The van der Waals surface area contributed by atoms with Crippen LogP contribution in [-0.2, 0) is 11.3 Å². The molecule has 0 radical (unpaired) electrons. The maximum absolute atomic E-state index is 14.5. The molecule has 7 heteroatoms. The van der Waals surface area contributed by atoms with Gasteiger partial charge in [-0.25, -0.2) is 4.39 Å². The molecule has 0 aromatic heterocycles. The van der Waals surface area contributed by atoms with E-state index in [9.17, 15) is 9.18 Å². The summed E-state index contributed by atoms with van der Waals surface area (Å²) in [5, 5.41) is 5.04. The molecule has 2 aromatic carbocycles. The van der Waals surface area contributed by atoms with Gasteiger partial charge in [0.05, 0.1) is 12.5 Å². The maximum Gasteiger partial charge on any atom is 0.262 e. The van der Waals surface area contributed by atoms with Crippen molar-refractivity contribution in [1.29, 1.82) is 0 Å². The number of nitrogens with one attached hydrogen (secondary N) is 1. The summed E-state index contributed by atoms with van der Waals surface area (Å²) in [5.41, 5.74) is 3.08. The number of anilines is 1. The average molecular weight is 571 g/mol. The summed E-state index contributed by atoms with van der Waals surface area (Å²) < 4.78 is 25.9. The fourth-order valence-corrected chi connectivity index (χ4v) is 5.70. The summed E-state index contributed by atoms with van der Waals surface area (Å²) in [6, 6.07) is 12.4. The third-order valence-electron chi connectivity index (χ3n) is 7.10. The standard InChI is InChI=1S/C33H47FN2O3S/c1-3-4-5-6-7-8-9-10-11-12-13-14-21-38-33-30(34)19-16-20-31(33)39-24-32(37)35-29-18-15-17-28(22-29)23-36-26-40-25-27(36)2/h15-20,22,25H,3-14,21,23-24,26H2,1-2H3,(H,35,37). The highest BCUT2D eigenvalue weighted by Gasteiger charge is 2.14. The summed E-state index contributed by atoms with van der Waals surface area (Å²) in [6.45, 7) is 5.35. The predicted octanol–water partition coefficient (Wildman–Crippen LogP) is 9.29. The van der Waals surface area contributed by atoms with E-state index in [2.05, 4.69) is 35.5 Å². The molecule has 3 rings (SSSR count). The first-order valence-electron chi connectivity index (χ1n) is 15.0. The number of thioether (sulfide) groups is 1. The number of amides is 1. The van der Waals surface area contributed by atoms with Gasteiger partial charge in [0.1, 0.15) is 0 Å². The average Bonchev–Trinajstić information content (AvgIpc) is 3.35. The molecule has 0 atom stereocenters. The minimum Gasteiger partial charge on any atom is -0.487 e. The van der Waals surface area contributed by atoms with Crippen LogP contribution in [0.15, 0.2) is 53.6 Å². The number of ether oxygens (including phenoxy) is 2. The van der Waals surface area contributed by atoms with Gasteiger partial charge in [-0.2, -0.15) is 0 Å². The van der Waals surface area contributed by atoms with Crippen LogP contribution in [0.1, 0.15) is 96.5 Å². The normalized spacial score (nSPS) is 12.9. The summed E-state index contributed by atoms with van der Waals surface area (Å²) in [5.74, 6) is 0.479. The van der Waals surface area contributed by atoms with Crippen molar-refractivity contribution in [3.8, 4) is 11.5 Å². The fourth-order valence-electron chi connectivity index (χ4n) is 4.76. The third kappa shape index (κ3) is 11.8. The number of halogens is 1. The highest BCUT2D eigenvalue weighted by atomic mass is 32.2. The van der Waals surface area contributed by atoms with Gasteiger partial charge in [0, 0.05) is 17.9 Å². The monoisotopic (exact) mass is 570 g/mol. The Balaban J connectivity index is 1.33. The molecule has 1 N–H and O–H groups in total. The van der Waals surface area contributed by atoms with E-state index in [4.69, 9.17) is 9.47 Å². The highest BCUT2D eigenvalue weighted by Crippen LogP contribution is 2.30. The molecule has 0 unspecified atom stereocenters. The molecule has 1 heterocycles. The zero-order chi connectivity index (χ0) is 28.4. The summed E-state index contributed by atoms with van der Waals surface area (Å²) in [7, 11) is 0. The Labute approximate surface area is 244 Å². The van der Waals surface area contributed by atoms with Crippen molar-refractivity contribution in [3.05, 3.63) is 65.0 Å². The Hall–Kier alpha value is -2.67. The first-order valence-corrected chi connectivity index (χ1v) is 16.1. The minimum absolute atomic E-state index is 0.0762. The lowest BCUT2D eigenvalue weighted by molar-refractivity contribution is -0.118. The van der Waals surface area contributed by atoms with E-state index in [1.54, 1.807) is 23.9 Å². The van der Waals surface area contributed by atoms with Crippen LogP contribution in [0.25, 0.3) is 0 Å². The number of unbranched alkanes of at least 4 members (excludes halogenated alkanes) is 11. The van der Waals surface area contributed by atoms with E-state index in [1.165, 1.54) is 76.0 Å². The molecule has 0 saturated carbocycles. The molecule has 0 aliphatic carbocycles. The van der Waals surface area contributed by atoms with Crippen molar-refractivity contribution in [2.75, 3.05) is 24.4 Å². The van der Waals surface area contributed by atoms with Crippen LogP contribution in [0.2, 0.25) is 0 Å². The summed E-state index contributed by atoms with van der Waals surface area (Å²) in [6.07, 6.45) is 15.1. The lowest BCUT2D eigenvalue weighted by atomic mass is 10.1. The largest absolute Gasteiger partial charge is 0.487 e. The second kappa shape index (κ2) is 18.6. The predicted molar refractivity (Wildman–Crippen MR) is 165 cm³/mol. The van der Waals surface area contributed by atoms with E-state index in [0.29, 0.717) is 12.3 Å². The molecule has 220 valence electrons. The second-order valence-corrected chi connectivity index (χ2v) is 11.4. The molecular weight excluding hydrogens is 523 g/mol. The van der Waals surface area contributed by atoms with Gasteiger partial charge >= 0.3 is 0 Å². The van der Waals surface area contributed by atoms with Gasteiger partial charge in [-0.3, -0.25) is 4.79 Å². The fraction of sp³-hybridized carbons (Fsp3) is 0.545. The molecule has 0 spiro atoms. The number of para-hydroxylation sites is 1. The quantitative estimate of drug-likeness (QED) is 0.161. The highest BCUT2D eigenvalue weighted by molar-refractivity contribution is 8.02. The second-order valence-electron chi connectivity index (χ2n) is 10.6. The Bertz CT molecular complexity index is 1060. The molecule has 0 saturated heterocycles. The van der Waals surface area contributed by atoms with Crippen LogP contribution in [0.4, 0.5) is 10.1 Å². The zero-order valence-corrected chi connectivity index (χ0v) is 25.2. The van der Waals surface area contributed by atoms with Gasteiger partial charge in [-0.05, 0) is 48.6 Å². The summed E-state index contributed by atoms with van der Waals surface area (Å²) >= 11 is 1.78. The van der Waals surface area contributed by atoms with Crippen molar-refractivity contribution in [2.24, 2.45) is 0 Å². The van der Waals surface area contributed by atoms with Crippen LogP contribution < -0.4 is 14.8 Å². The van der Waals surface area contributed by atoms with Gasteiger partial charge in [0.25, 0.3) is 5.91 Å². The van der Waals surface area contributed by atoms with E-state index in [1.807, 2.05) is 18.2 Å². The number of carbonyl (C=O) groups excluding carboxylic acids is 1. The third-order valence-corrected chi connectivity index (χ3v) is 8.07. The molecule has 1 aliphatic heterocycles. The number of nitrogens with zero attached hydrogens (tertiary/aromatic N) is 1. The topological polar surface area (TPSA) is 50.8 Å². The van der Waals surface area contributed by atoms with E-state index >= 15 is 0 Å². The van der Waals surface area contributed by atoms with Gasteiger partial charge in [0.15, 0.2) is 23.9 Å². The number of benzene rings is 2. The molecule has 0 bridgehead atoms. The van der Waals surface area contributed by atoms with Gasteiger partial charge in [-0.15, -0.1) is 11.8 Å². The van der Waals surface area contributed by atoms with E-state index < -0.39 is 5.82 Å². The Morgan fingerprint density at radius 3 is 2.27 bits per heavy atom. The molecular formula is C33H47FN2O3S. The van der Waals surface area contributed by atoms with Crippen LogP contribution in [0.3, 0.4) is 0 Å². The van der Waals surface area contributed by atoms with Crippen LogP contribution in [-0.4, -0.2) is 29.9 Å². The van der Waals surface area contributed by atoms with Crippen molar-refractivity contribution in [2.45, 2.75) is 97.4 Å². The van der Waals surface area contributed by atoms with Crippen molar-refractivity contribution in [1.82, 2.24) is 4.90 Å². The number of rotatable bonds is 20. The van der Waals surface area contributed by atoms with Crippen LogP contribution in [0, 0.1) is 5.82 Å². The Morgan fingerprint density at radius 2 is 1.60 bits per heavy atom. The van der Waals surface area contributed by atoms with Crippen molar-refractivity contribution in [3.63, 3.8) is 0 Å². The minimum atomic E-state index is -0.478. The zero-order valence-electron chi connectivity index (χ0n) is 24.4. The SMILES string of the molecule is CCCCCCCCCCCCCCOc1c(F)cccc1OCC(=O)Nc1cccc(CN2CSC=C2C)c1. The first kappa shape index (κ1) is 31.9. The Morgan fingerprint density at radius 1 is 0.925 bits per heavy atom. The number of hydrogen-bond donors (Lipinski definition) is 1. The lowest BCUT2D eigenvalue weighted by Crippen LogP contribution is -2.21. The Kier molecular flexibility index (Phi) is 14.8. The molecule has 0 fully saturated rings. The van der Waals surface area contributed by atoms with E-state index in [0.717, 1.165) is 30.8 Å². The van der Waals surface area contributed by atoms with Gasteiger partial charge in [-0.1, -0.05) is 95.8 Å². The van der Waals surface area contributed by atoms with Crippen LogP contribution >= 0.6 is 11.8 Å². The molecule has 1 amide bonds. The smallest absolute Gasteiger partial charge is 0.262 e. The molecule has 1 aliphatic rings. The maximum atomic E-state index is 14.5. The van der Waals surface area contributed by atoms with Gasteiger partial charge in [0.2, 0.25) is 0 Å². The van der Waals surface area contributed by atoms with E-state index in [-0.39, 0.29) is 24.0 Å². The van der Waals surface area contributed by atoms with Crippen LogP contribution in [0.5, 0.6) is 11.5 Å². The number of allylic oxidation sites excluding steroid dienone is 1. The molecule has 5 nitrogen and oxygen atoms in total. The first-order chi connectivity index (χ1) is 19.6.